The maximum absolute atomic E-state index is 14.0. The number of carbonyl (C=O) groups excluding carboxylic acids is 4. The topological polar surface area (TPSA) is 160 Å². The Kier molecular flexibility index (Phi) is 20.6. The molecule has 572 valence electrons. The lowest BCUT2D eigenvalue weighted by Gasteiger charge is -2.30. The summed E-state index contributed by atoms with van der Waals surface area (Å²) in [7, 11) is 2.90. The summed E-state index contributed by atoms with van der Waals surface area (Å²) < 4.78 is 24.5. The van der Waals surface area contributed by atoms with Gasteiger partial charge in [0.25, 0.3) is 11.8 Å². The van der Waals surface area contributed by atoms with E-state index in [1.54, 1.807) is 6.07 Å². The molecule has 0 bridgehead atoms. The van der Waals surface area contributed by atoms with Gasteiger partial charge in [-0.3, -0.25) is 9.59 Å². The van der Waals surface area contributed by atoms with Crippen LogP contribution < -0.4 is 0 Å². The Morgan fingerprint density at radius 3 is 1.09 bits per heavy atom. The van der Waals surface area contributed by atoms with Gasteiger partial charge in [-0.1, -0.05) is 131 Å². The predicted octanol–water partition coefficient (Wildman–Crippen LogP) is 21.9. The van der Waals surface area contributed by atoms with E-state index in [0.717, 1.165) is 121 Å². The van der Waals surface area contributed by atoms with E-state index in [1.165, 1.54) is 175 Å². The van der Waals surface area contributed by atoms with Crippen LogP contribution in [0, 0.1) is 0 Å². The summed E-state index contributed by atoms with van der Waals surface area (Å²) in [6.45, 7) is 22.0. The molecule has 1 N–H and O–H groups in total. The van der Waals surface area contributed by atoms with Crippen molar-refractivity contribution in [3.8, 4) is 33.8 Å². The van der Waals surface area contributed by atoms with Crippen LogP contribution in [0.4, 0.5) is 0 Å². The molecule has 6 aromatic heterocycles. The fraction of sp³-hybridized carbons (Fsp3) is 0.436. The van der Waals surface area contributed by atoms with Crippen LogP contribution in [0.1, 0.15) is 257 Å². The van der Waals surface area contributed by atoms with Crippen LogP contribution in [0.2, 0.25) is 0 Å². The molecule has 3 saturated carbocycles. The Hall–Kier alpha value is -10.1. The van der Waals surface area contributed by atoms with Crippen molar-refractivity contribution in [1.29, 1.82) is 0 Å². The molecule has 2 amide bonds. The van der Waals surface area contributed by atoms with Gasteiger partial charge in [-0.15, -0.1) is 0 Å². The average Bonchev–Trinajstić information content (AvgIpc) is 1.58. The molecule has 3 aliphatic heterocycles. The molecule has 16 heteroatoms. The third kappa shape index (κ3) is 13.0. The van der Waals surface area contributed by atoms with Crippen LogP contribution in [0.15, 0.2) is 134 Å². The molecule has 110 heavy (non-hydrogen) atoms. The number of hydrogen-bond acceptors (Lipinski definition) is 7. The first-order chi connectivity index (χ1) is 53.3. The largest absolute Gasteiger partial charge is 0.478 e. The normalized spacial score (nSPS) is 16.2. The summed E-state index contributed by atoms with van der Waals surface area (Å²) in [4.78, 5) is 68.6. The highest BCUT2D eigenvalue weighted by Crippen LogP contribution is 2.51. The van der Waals surface area contributed by atoms with Crippen LogP contribution in [0.3, 0.4) is 0 Å². The van der Waals surface area contributed by atoms with Gasteiger partial charge >= 0.3 is 17.9 Å². The number of aryl methyl sites for hydroxylation is 6. The monoisotopic (exact) mass is 1480 g/mol. The summed E-state index contributed by atoms with van der Waals surface area (Å²) in [5.74, 6) is 0.226. The number of rotatable bonds is 12. The van der Waals surface area contributed by atoms with Gasteiger partial charge in [0.15, 0.2) is 0 Å². The first-order valence-corrected chi connectivity index (χ1v) is 41.2. The molecule has 3 aliphatic carbocycles. The first-order valence-electron chi connectivity index (χ1n) is 41.2. The van der Waals surface area contributed by atoms with Crippen molar-refractivity contribution < 1.29 is 38.6 Å². The minimum Gasteiger partial charge on any atom is -0.478 e. The molecule has 6 aliphatic rings. The number of esters is 2. The number of carboxylic acids is 1. The first kappa shape index (κ1) is 74.0. The van der Waals surface area contributed by atoms with E-state index in [9.17, 15) is 29.1 Å². The van der Waals surface area contributed by atoms with Gasteiger partial charge < -0.3 is 51.8 Å². The lowest BCUT2D eigenvalue weighted by atomic mass is 9.81. The molecular weight excluding hydrogens is 1370 g/mol. The standard InChI is InChI=1S/C34H41N3O3.C33H39N3O3.C27H28N2O2/c1-21(2)37(22(3)4)33(38)28-20-35-17-10-18-36-29-19-24(34(39)40-5)15-16-26(29)30(23-11-7-6-8-12-23)32(36)27-14-9-13-25(28)31(27)35;1-20(2)36(21(3)4)32(37)27-19-34-16-9-17-35-28-18-23(33(38)39)14-15-25(28)29(22-10-6-5-7-11-22)31(35)26-13-8-12-24(27)30(26)34;1-31-27(30)20-11-12-21-23(17-20)29-15-6-14-28-16-13-19-9-5-10-22(25(19)28)26(29)24(21)18-7-3-2-4-8-18/h9,13-16,19-23H,6-8,10-12,17-18H2,1-5H3;8,12-15,18-22H,5-7,9-11,16-17H2,1-4H3,(H,38,39);5,9-13,16-18H,2-4,6-8,14-15H2,1H3. The van der Waals surface area contributed by atoms with Crippen LogP contribution in [-0.2, 0) is 48.7 Å². The third-order valence-corrected chi connectivity index (χ3v) is 25.3. The van der Waals surface area contributed by atoms with Crippen LogP contribution in [0.25, 0.3) is 99.2 Å². The third-order valence-electron chi connectivity index (χ3n) is 25.3. The number of amides is 2. The van der Waals surface area contributed by atoms with Crippen molar-refractivity contribution in [3.63, 3.8) is 0 Å². The molecule has 9 heterocycles. The van der Waals surface area contributed by atoms with Gasteiger partial charge in [-0.05, 0) is 190 Å². The van der Waals surface area contributed by atoms with Crippen LogP contribution >= 0.6 is 0 Å². The summed E-state index contributed by atoms with van der Waals surface area (Å²) in [6.07, 6.45) is 28.0. The average molecular weight is 1480 g/mol. The van der Waals surface area contributed by atoms with Crippen molar-refractivity contribution in [2.24, 2.45) is 0 Å². The van der Waals surface area contributed by atoms with E-state index in [-0.39, 0.29) is 47.9 Å². The van der Waals surface area contributed by atoms with Crippen LogP contribution in [-0.4, -0.2) is 110 Å². The molecule has 0 spiro atoms. The molecule has 3 fully saturated rings. The second-order valence-corrected chi connectivity index (χ2v) is 33.2. The van der Waals surface area contributed by atoms with Gasteiger partial charge in [-0.2, -0.15) is 0 Å². The van der Waals surface area contributed by atoms with Crippen molar-refractivity contribution in [1.82, 2.24) is 37.2 Å². The number of ether oxygens (including phenoxy) is 2. The summed E-state index contributed by atoms with van der Waals surface area (Å²) in [6, 6.07) is 40.2. The molecule has 0 saturated heterocycles. The van der Waals surface area contributed by atoms with E-state index in [4.69, 9.17) is 9.47 Å². The zero-order chi connectivity index (χ0) is 76.5. The zero-order valence-electron chi connectivity index (χ0n) is 66.1. The molecule has 0 radical (unpaired) electrons. The van der Waals surface area contributed by atoms with Crippen LogP contribution in [0.5, 0.6) is 0 Å². The van der Waals surface area contributed by atoms with E-state index in [2.05, 4.69) is 180 Å². The lowest BCUT2D eigenvalue weighted by molar-refractivity contribution is 0.0592. The lowest BCUT2D eigenvalue weighted by Crippen LogP contribution is -2.42. The van der Waals surface area contributed by atoms with E-state index < -0.39 is 5.97 Å². The molecule has 0 atom stereocenters. The van der Waals surface area contributed by atoms with Gasteiger partial charge in [0, 0.05) is 148 Å². The highest BCUT2D eigenvalue weighted by atomic mass is 16.5. The minimum atomic E-state index is -0.892. The maximum atomic E-state index is 14.0. The molecule has 18 rings (SSSR count). The van der Waals surface area contributed by atoms with Gasteiger partial charge in [-0.25, -0.2) is 14.4 Å². The quantitative estimate of drug-likeness (QED) is 0.118. The second-order valence-electron chi connectivity index (χ2n) is 33.2. The summed E-state index contributed by atoms with van der Waals surface area (Å²) in [5.41, 5.74) is 21.8. The number of carboxylic acid groups (broad SMARTS) is 1. The fourth-order valence-electron chi connectivity index (χ4n) is 20.8. The Bertz CT molecular complexity index is 5550. The van der Waals surface area contributed by atoms with Crippen molar-refractivity contribution in [2.75, 3.05) is 14.2 Å². The number of methoxy groups -OCH3 is 2. The number of para-hydroxylation sites is 3. The van der Waals surface area contributed by atoms with Crippen molar-refractivity contribution in [3.05, 3.63) is 178 Å². The Morgan fingerprint density at radius 1 is 0.382 bits per heavy atom. The SMILES string of the molecule is CC(C)N(C(=O)c1cn2c3c(cccc13)-c1c(C3CCCCC3)c3ccc(C(=O)O)cc3n1CCC2)C(C)C.COC(=O)c1ccc2c(C3CCCCC3)c3n(c2c1)CCCn1cc(C(=O)N(C(C)C)C(C)C)c2cccc-3c21.COC(=O)c1ccc2c(C3CCCCC3)c3n(c2c1)CCCn1ccc2cccc-3c21. The molecule has 16 nitrogen and oxygen atoms in total. The molecule has 0 unspecified atom stereocenters. The molecule has 6 aromatic carbocycles. The van der Waals surface area contributed by atoms with Crippen molar-refractivity contribution >= 4 is 95.1 Å². The smallest absolute Gasteiger partial charge is 0.337 e. The highest BCUT2D eigenvalue weighted by molar-refractivity contribution is 6.14. The van der Waals surface area contributed by atoms with Gasteiger partial charge in [0.1, 0.15) is 0 Å². The number of aromatic carboxylic acids is 1. The van der Waals surface area contributed by atoms with E-state index in [0.29, 0.717) is 34.4 Å². The zero-order valence-corrected chi connectivity index (χ0v) is 66.1. The fourth-order valence-corrected chi connectivity index (χ4v) is 20.8. The number of carbonyl (C=O) groups is 5. The predicted molar refractivity (Wildman–Crippen MR) is 442 cm³/mol. The Morgan fingerprint density at radius 2 is 0.727 bits per heavy atom. The summed E-state index contributed by atoms with van der Waals surface area (Å²) in [5, 5.41) is 16.9. The Labute approximate surface area is 645 Å². The van der Waals surface area contributed by atoms with E-state index >= 15 is 0 Å². The maximum Gasteiger partial charge on any atom is 0.337 e. The number of hydrogen-bond donors (Lipinski definition) is 1. The second kappa shape index (κ2) is 30.6. The number of aromatic nitrogens is 6. The Balaban J connectivity index is 0.000000126. The minimum absolute atomic E-state index is 0.0827. The number of fused-ring (bicyclic) bond motifs is 12. The number of nitrogens with zero attached hydrogens (tertiary/aromatic N) is 8. The van der Waals surface area contributed by atoms with Crippen molar-refractivity contribution in [2.45, 2.75) is 252 Å². The van der Waals surface area contributed by atoms with E-state index in [1.807, 2.05) is 40.1 Å². The summed E-state index contributed by atoms with van der Waals surface area (Å²) >= 11 is 0. The number of benzene rings is 6. The van der Waals surface area contributed by atoms with Gasteiger partial charge in [0.05, 0.1) is 75.7 Å². The molecule has 12 aromatic rings. The molecular formula is C94H108N8O8. The van der Waals surface area contributed by atoms with Gasteiger partial charge in [0.2, 0.25) is 0 Å². The highest BCUT2D eigenvalue weighted by Gasteiger charge is 2.36.